The minimum Gasteiger partial charge on any atom is -0.277 e. The van der Waals surface area contributed by atoms with Crippen LogP contribution in [0.3, 0.4) is 0 Å². The number of benzene rings is 1. The third-order valence-corrected chi connectivity index (χ3v) is 3.20. The summed E-state index contributed by atoms with van der Waals surface area (Å²) in [5, 5.41) is 9.16. The van der Waals surface area contributed by atoms with Crippen LogP contribution in [0.1, 0.15) is 0 Å². The molecule has 0 spiro atoms. The highest BCUT2D eigenvalue weighted by molar-refractivity contribution is 7.99. The molecule has 2 aromatic heterocycles. The highest BCUT2D eigenvalue weighted by atomic mass is 32.2. The monoisotopic (exact) mass is 227 g/mol. The fourth-order valence-corrected chi connectivity index (χ4v) is 2.32. The SMILES string of the molecule is c1ccc(Sc2nnc3ccccn23)cc1. The first-order valence-corrected chi connectivity index (χ1v) is 5.78. The van der Waals surface area contributed by atoms with Gasteiger partial charge < -0.3 is 0 Å². The highest BCUT2D eigenvalue weighted by Crippen LogP contribution is 2.25. The van der Waals surface area contributed by atoms with Crippen molar-refractivity contribution in [3.8, 4) is 0 Å². The van der Waals surface area contributed by atoms with E-state index < -0.39 is 0 Å². The third-order valence-electron chi connectivity index (χ3n) is 2.23. The summed E-state index contributed by atoms with van der Waals surface area (Å²) in [6.45, 7) is 0. The van der Waals surface area contributed by atoms with Crippen molar-refractivity contribution in [3.05, 3.63) is 54.7 Å². The van der Waals surface area contributed by atoms with Gasteiger partial charge in [-0.05, 0) is 36.0 Å². The summed E-state index contributed by atoms with van der Waals surface area (Å²) in [6, 6.07) is 16.1. The van der Waals surface area contributed by atoms with Crippen LogP contribution in [0.25, 0.3) is 5.65 Å². The van der Waals surface area contributed by atoms with Crippen LogP contribution in [-0.4, -0.2) is 14.6 Å². The Morgan fingerprint density at radius 3 is 2.56 bits per heavy atom. The third kappa shape index (κ3) is 1.67. The first-order chi connectivity index (χ1) is 7.93. The van der Waals surface area contributed by atoms with Gasteiger partial charge in [0.25, 0.3) is 0 Å². The number of fused-ring (bicyclic) bond motifs is 1. The van der Waals surface area contributed by atoms with Gasteiger partial charge in [0, 0.05) is 11.1 Å². The second-order valence-corrected chi connectivity index (χ2v) is 4.37. The molecule has 0 radical (unpaired) electrons. The Labute approximate surface area is 97.1 Å². The molecule has 0 saturated heterocycles. The Kier molecular flexibility index (Phi) is 2.34. The molecule has 0 aliphatic heterocycles. The molecule has 3 rings (SSSR count). The largest absolute Gasteiger partial charge is 0.277 e. The summed E-state index contributed by atoms with van der Waals surface area (Å²) in [4.78, 5) is 1.17. The van der Waals surface area contributed by atoms with Crippen LogP contribution in [0.2, 0.25) is 0 Å². The Morgan fingerprint density at radius 1 is 0.875 bits per heavy atom. The van der Waals surface area contributed by atoms with Crippen LogP contribution < -0.4 is 0 Å². The Morgan fingerprint density at radius 2 is 1.69 bits per heavy atom. The van der Waals surface area contributed by atoms with Gasteiger partial charge in [-0.1, -0.05) is 24.3 Å². The molecule has 16 heavy (non-hydrogen) atoms. The van der Waals surface area contributed by atoms with Crippen molar-refractivity contribution >= 4 is 17.4 Å². The van der Waals surface area contributed by atoms with E-state index in [9.17, 15) is 0 Å². The van der Waals surface area contributed by atoms with Gasteiger partial charge in [-0.25, -0.2) is 0 Å². The molecular weight excluding hydrogens is 218 g/mol. The molecule has 0 aliphatic rings. The molecule has 0 unspecified atom stereocenters. The Bertz CT molecular complexity index is 604. The summed E-state index contributed by atoms with van der Waals surface area (Å²) in [5.41, 5.74) is 0.876. The van der Waals surface area contributed by atoms with Gasteiger partial charge >= 0.3 is 0 Å². The van der Waals surface area contributed by atoms with Gasteiger partial charge in [-0.2, -0.15) is 0 Å². The summed E-state index contributed by atoms with van der Waals surface area (Å²) >= 11 is 1.61. The number of hydrogen-bond donors (Lipinski definition) is 0. The Hall–Kier alpha value is -1.81. The predicted molar refractivity (Wildman–Crippen MR) is 63.6 cm³/mol. The molecule has 78 valence electrons. The zero-order valence-corrected chi connectivity index (χ0v) is 9.26. The van der Waals surface area contributed by atoms with Gasteiger partial charge in [-0.3, -0.25) is 4.40 Å². The van der Waals surface area contributed by atoms with Gasteiger partial charge in [-0.15, -0.1) is 10.2 Å². The van der Waals surface area contributed by atoms with E-state index in [0.29, 0.717) is 0 Å². The zero-order valence-electron chi connectivity index (χ0n) is 8.45. The smallest absolute Gasteiger partial charge is 0.200 e. The molecule has 3 aromatic rings. The second-order valence-electron chi connectivity index (χ2n) is 3.33. The van der Waals surface area contributed by atoms with Crippen molar-refractivity contribution in [3.63, 3.8) is 0 Å². The first kappa shape index (κ1) is 9.42. The van der Waals surface area contributed by atoms with E-state index in [4.69, 9.17) is 0 Å². The van der Waals surface area contributed by atoms with Crippen molar-refractivity contribution in [2.24, 2.45) is 0 Å². The average Bonchev–Trinajstić information content (AvgIpc) is 2.74. The molecule has 3 nitrogen and oxygen atoms in total. The second kappa shape index (κ2) is 3.98. The van der Waals surface area contributed by atoms with Crippen LogP contribution in [0.4, 0.5) is 0 Å². The maximum Gasteiger partial charge on any atom is 0.200 e. The van der Waals surface area contributed by atoms with Gasteiger partial charge in [0.15, 0.2) is 10.8 Å². The summed E-state index contributed by atoms with van der Waals surface area (Å²) < 4.78 is 1.98. The van der Waals surface area contributed by atoms with E-state index in [-0.39, 0.29) is 0 Å². The molecule has 0 bridgehead atoms. The number of hydrogen-bond acceptors (Lipinski definition) is 3. The van der Waals surface area contributed by atoms with Crippen LogP contribution in [0.15, 0.2) is 64.8 Å². The van der Waals surface area contributed by atoms with Crippen molar-refractivity contribution in [2.45, 2.75) is 10.1 Å². The molecule has 0 fully saturated rings. The van der Waals surface area contributed by atoms with Crippen molar-refractivity contribution in [1.82, 2.24) is 14.6 Å². The lowest BCUT2D eigenvalue weighted by atomic mass is 10.4. The maximum absolute atomic E-state index is 4.17. The minimum absolute atomic E-state index is 0.876. The lowest BCUT2D eigenvalue weighted by Gasteiger charge is -1.98. The van der Waals surface area contributed by atoms with Gasteiger partial charge in [0.05, 0.1) is 0 Å². The average molecular weight is 227 g/mol. The number of pyridine rings is 1. The standard InChI is InChI=1S/C12H9N3S/c1-2-6-10(7-3-1)16-12-14-13-11-8-4-5-9-15(11)12/h1-9H. The lowest BCUT2D eigenvalue weighted by Crippen LogP contribution is -1.85. The van der Waals surface area contributed by atoms with Crippen LogP contribution >= 0.6 is 11.8 Å². The molecule has 0 N–H and O–H groups in total. The number of nitrogens with zero attached hydrogens (tertiary/aromatic N) is 3. The van der Waals surface area contributed by atoms with E-state index in [1.165, 1.54) is 4.90 Å². The maximum atomic E-state index is 4.17. The predicted octanol–water partition coefficient (Wildman–Crippen LogP) is 2.88. The molecule has 0 amide bonds. The Balaban J connectivity index is 2.01. The van der Waals surface area contributed by atoms with Crippen molar-refractivity contribution in [2.75, 3.05) is 0 Å². The van der Waals surface area contributed by atoms with Crippen molar-refractivity contribution in [1.29, 1.82) is 0 Å². The summed E-state index contributed by atoms with van der Waals surface area (Å²) in [7, 11) is 0. The molecule has 1 aromatic carbocycles. The molecule has 0 saturated carbocycles. The van der Waals surface area contributed by atoms with E-state index in [1.807, 2.05) is 47.0 Å². The number of rotatable bonds is 2. The van der Waals surface area contributed by atoms with Crippen LogP contribution in [0.5, 0.6) is 0 Å². The van der Waals surface area contributed by atoms with E-state index in [1.54, 1.807) is 11.8 Å². The zero-order chi connectivity index (χ0) is 10.8. The fraction of sp³-hybridized carbons (Fsp3) is 0. The number of aromatic nitrogens is 3. The quantitative estimate of drug-likeness (QED) is 0.674. The lowest BCUT2D eigenvalue weighted by molar-refractivity contribution is 0.921. The van der Waals surface area contributed by atoms with Gasteiger partial charge in [0.2, 0.25) is 0 Å². The molecular formula is C12H9N3S. The first-order valence-electron chi connectivity index (χ1n) is 4.96. The van der Waals surface area contributed by atoms with E-state index in [0.717, 1.165) is 10.8 Å². The summed E-state index contributed by atoms with van der Waals surface area (Å²) in [5.74, 6) is 0. The van der Waals surface area contributed by atoms with E-state index >= 15 is 0 Å². The van der Waals surface area contributed by atoms with Gasteiger partial charge in [0.1, 0.15) is 0 Å². The molecule has 4 heteroatoms. The van der Waals surface area contributed by atoms with Crippen LogP contribution in [0, 0.1) is 0 Å². The van der Waals surface area contributed by atoms with Crippen LogP contribution in [-0.2, 0) is 0 Å². The van der Waals surface area contributed by atoms with Crippen molar-refractivity contribution < 1.29 is 0 Å². The molecule has 0 atom stereocenters. The highest BCUT2D eigenvalue weighted by Gasteiger charge is 2.05. The molecule has 2 heterocycles. The minimum atomic E-state index is 0.876. The topological polar surface area (TPSA) is 30.2 Å². The molecule has 0 aliphatic carbocycles. The van der Waals surface area contributed by atoms with E-state index in [2.05, 4.69) is 22.3 Å². The normalized spacial score (nSPS) is 10.8. The summed E-state index contributed by atoms with van der Waals surface area (Å²) in [6.07, 6.45) is 1.97. The fourth-order valence-electron chi connectivity index (χ4n) is 1.48.